The number of likely N-dealkylation sites (tertiary alicyclic amines) is 1. The SMILES string of the molecule is CCCOc1cccc(/C(O)=C2\C(=O)C(=O)N(CCOC)C2c2ccccc2C)c1. The summed E-state index contributed by atoms with van der Waals surface area (Å²) in [6.07, 6.45) is 0.855. The monoisotopic (exact) mass is 409 g/mol. The fraction of sp³-hybridized carbons (Fsp3) is 0.333. The van der Waals surface area contributed by atoms with Crippen LogP contribution in [0.15, 0.2) is 54.1 Å². The second-order valence-corrected chi connectivity index (χ2v) is 7.22. The molecule has 0 saturated carbocycles. The summed E-state index contributed by atoms with van der Waals surface area (Å²) in [5.74, 6) is -0.942. The standard InChI is InChI=1S/C24H27NO5/c1-4-13-30-18-10-7-9-17(15-18)22(26)20-21(19-11-6-5-8-16(19)2)25(12-14-29-3)24(28)23(20)27/h5-11,15,21,26H,4,12-14H2,1-3H3/b22-20+. The predicted octanol–water partition coefficient (Wildman–Crippen LogP) is 3.85. The van der Waals surface area contributed by atoms with Crippen LogP contribution in [0.1, 0.15) is 36.1 Å². The zero-order chi connectivity index (χ0) is 21.7. The summed E-state index contributed by atoms with van der Waals surface area (Å²) in [6, 6.07) is 13.8. The fourth-order valence-electron chi connectivity index (χ4n) is 3.63. The molecule has 1 aliphatic heterocycles. The molecule has 1 heterocycles. The lowest BCUT2D eigenvalue weighted by molar-refractivity contribution is -0.140. The number of rotatable bonds is 8. The molecule has 158 valence electrons. The molecule has 0 radical (unpaired) electrons. The number of benzene rings is 2. The van der Waals surface area contributed by atoms with E-state index in [0.717, 1.165) is 17.5 Å². The molecule has 1 unspecified atom stereocenters. The summed E-state index contributed by atoms with van der Waals surface area (Å²) in [6.45, 7) is 5.01. The van der Waals surface area contributed by atoms with E-state index in [1.807, 2.05) is 38.1 Å². The van der Waals surface area contributed by atoms with Gasteiger partial charge in [-0.15, -0.1) is 0 Å². The van der Waals surface area contributed by atoms with Gasteiger partial charge in [0, 0.05) is 19.2 Å². The Morgan fingerprint density at radius 2 is 1.87 bits per heavy atom. The van der Waals surface area contributed by atoms with Crippen LogP contribution in [0, 0.1) is 6.92 Å². The van der Waals surface area contributed by atoms with E-state index < -0.39 is 17.7 Å². The molecule has 6 heteroatoms. The molecule has 1 fully saturated rings. The zero-order valence-electron chi connectivity index (χ0n) is 17.6. The lowest BCUT2D eigenvalue weighted by atomic mass is 9.92. The molecule has 2 aromatic rings. The number of nitrogens with zero attached hydrogens (tertiary/aromatic N) is 1. The average molecular weight is 409 g/mol. The van der Waals surface area contributed by atoms with Gasteiger partial charge in [-0.2, -0.15) is 0 Å². The van der Waals surface area contributed by atoms with E-state index in [-0.39, 0.29) is 24.5 Å². The van der Waals surface area contributed by atoms with Gasteiger partial charge in [-0.25, -0.2) is 0 Å². The Kier molecular flexibility index (Phi) is 6.90. The number of amides is 1. The lowest BCUT2D eigenvalue weighted by Gasteiger charge is -2.26. The molecular formula is C24H27NO5. The van der Waals surface area contributed by atoms with Crippen molar-refractivity contribution in [2.75, 3.05) is 26.9 Å². The molecule has 0 spiro atoms. The van der Waals surface area contributed by atoms with Gasteiger partial charge in [0.1, 0.15) is 11.5 Å². The first-order valence-corrected chi connectivity index (χ1v) is 10.1. The van der Waals surface area contributed by atoms with Crippen molar-refractivity contribution in [3.05, 3.63) is 70.8 Å². The minimum absolute atomic E-state index is 0.0815. The summed E-state index contributed by atoms with van der Waals surface area (Å²) in [5.41, 5.74) is 2.25. The van der Waals surface area contributed by atoms with Crippen LogP contribution < -0.4 is 4.74 Å². The van der Waals surface area contributed by atoms with Crippen LogP contribution in [0.3, 0.4) is 0 Å². The quantitative estimate of drug-likeness (QED) is 0.407. The van der Waals surface area contributed by atoms with Crippen molar-refractivity contribution >= 4 is 17.4 Å². The second-order valence-electron chi connectivity index (χ2n) is 7.22. The highest BCUT2D eigenvalue weighted by molar-refractivity contribution is 6.46. The predicted molar refractivity (Wildman–Crippen MR) is 114 cm³/mol. The molecule has 0 aromatic heterocycles. The minimum Gasteiger partial charge on any atom is -0.507 e. The molecular weight excluding hydrogens is 382 g/mol. The van der Waals surface area contributed by atoms with Gasteiger partial charge in [0.25, 0.3) is 11.7 Å². The third-order valence-electron chi connectivity index (χ3n) is 5.14. The van der Waals surface area contributed by atoms with E-state index in [4.69, 9.17) is 9.47 Å². The normalized spacial score (nSPS) is 18.1. The number of methoxy groups -OCH3 is 1. The third-order valence-corrected chi connectivity index (χ3v) is 5.14. The van der Waals surface area contributed by atoms with Crippen LogP contribution in [0.5, 0.6) is 5.75 Å². The van der Waals surface area contributed by atoms with Crippen LogP contribution in [0.4, 0.5) is 0 Å². The van der Waals surface area contributed by atoms with E-state index in [1.165, 1.54) is 4.90 Å². The highest BCUT2D eigenvalue weighted by atomic mass is 16.5. The summed E-state index contributed by atoms with van der Waals surface area (Å²) >= 11 is 0. The van der Waals surface area contributed by atoms with Gasteiger partial charge in [-0.1, -0.05) is 43.3 Å². The van der Waals surface area contributed by atoms with Crippen LogP contribution in [0.25, 0.3) is 5.76 Å². The number of carbonyl (C=O) groups excluding carboxylic acids is 2. The highest BCUT2D eigenvalue weighted by Crippen LogP contribution is 2.40. The van der Waals surface area contributed by atoms with Crippen LogP contribution in [0.2, 0.25) is 0 Å². The van der Waals surface area contributed by atoms with Gasteiger partial charge >= 0.3 is 0 Å². The first-order chi connectivity index (χ1) is 14.5. The second kappa shape index (κ2) is 9.59. The van der Waals surface area contributed by atoms with Crippen LogP contribution >= 0.6 is 0 Å². The Labute approximate surface area is 176 Å². The van der Waals surface area contributed by atoms with Crippen molar-refractivity contribution < 1.29 is 24.2 Å². The number of ketones is 1. The number of aliphatic hydroxyl groups is 1. The van der Waals surface area contributed by atoms with Crippen molar-refractivity contribution in [3.8, 4) is 5.75 Å². The van der Waals surface area contributed by atoms with Gasteiger partial charge < -0.3 is 19.5 Å². The molecule has 3 rings (SSSR count). The maximum atomic E-state index is 13.0. The number of aryl methyl sites for hydroxylation is 1. The number of carbonyl (C=O) groups is 2. The number of ether oxygens (including phenoxy) is 2. The molecule has 0 aliphatic carbocycles. The van der Waals surface area contributed by atoms with Crippen LogP contribution in [-0.4, -0.2) is 48.6 Å². The topological polar surface area (TPSA) is 76.1 Å². The van der Waals surface area contributed by atoms with E-state index in [2.05, 4.69) is 0 Å². The van der Waals surface area contributed by atoms with Gasteiger partial charge in [-0.05, 0) is 36.6 Å². The minimum atomic E-state index is -0.697. The number of aliphatic hydroxyl groups excluding tert-OH is 1. The first kappa shape index (κ1) is 21.6. The number of hydrogen-bond acceptors (Lipinski definition) is 5. The molecule has 1 amide bonds. The largest absolute Gasteiger partial charge is 0.507 e. The van der Waals surface area contributed by atoms with E-state index in [1.54, 1.807) is 31.4 Å². The van der Waals surface area contributed by atoms with Crippen molar-refractivity contribution in [2.45, 2.75) is 26.3 Å². The molecule has 0 bridgehead atoms. The van der Waals surface area contributed by atoms with Crippen LogP contribution in [-0.2, 0) is 14.3 Å². The zero-order valence-corrected chi connectivity index (χ0v) is 17.6. The van der Waals surface area contributed by atoms with E-state index in [9.17, 15) is 14.7 Å². The van der Waals surface area contributed by atoms with Crippen molar-refractivity contribution in [3.63, 3.8) is 0 Å². The summed E-state index contributed by atoms with van der Waals surface area (Å²) < 4.78 is 10.8. The van der Waals surface area contributed by atoms with Crippen molar-refractivity contribution in [1.29, 1.82) is 0 Å². The molecule has 30 heavy (non-hydrogen) atoms. The van der Waals surface area contributed by atoms with Gasteiger partial charge in [0.15, 0.2) is 0 Å². The molecule has 6 nitrogen and oxygen atoms in total. The van der Waals surface area contributed by atoms with Crippen molar-refractivity contribution in [2.24, 2.45) is 0 Å². The average Bonchev–Trinajstić information content (AvgIpc) is 3.00. The van der Waals surface area contributed by atoms with E-state index in [0.29, 0.717) is 17.9 Å². The van der Waals surface area contributed by atoms with Crippen molar-refractivity contribution in [1.82, 2.24) is 4.90 Å². The Balaban J connectivity index is 2.13. The maximum Gasteiger partial charge on any atom is 0.295 e. The Hall–Kier alpha value is -3.12. The summed E-state index contributed by atoms with van der Waals surface area (Å²) in [7, 11) is 1.54. The molecule has 1 aliphatic rings. The molecule has 1 atom stereocenters. The van der Waals surface area contributed by atoms with Gasteiger partial charge in [0.05, 0.1) is 24.8 Å². The smallest absolute Gasteiger partial charge is 0.295 e. The number of hydrogen-bond donors (Lipinski definition) is 1. The number of Topliss-reactive ketones (excluding diaryl/α,β-unsaturated/α-hetero) is 1. The lowest BCUT2D eigenvalue weighted by Crippen LogP contribution is -2.32. The molecule has 2 aromatic carbocycles. The first-order valence-electron chi connectivity index (χ1n) is 10.1. The Morgan fingerprint density at radius 1 is 1.10 bits per heavy atom. The van der Waals surface area contributed by atoms with Gasteiger partial charge in [-0.3, -0.25) is 9.59 Å². The Morgan fingerprint density at radius 3 is 2.57 bits per heavy atom. The molecule has 1 saturated heterocycles. The Bertz CT molecular complexity index is 966. The fourth-order valence-corrected chi connectivity index (χ4v) is 3.63. The van der Waals surface area contributed by atoms with E-state index >= 15 is 0 Å². The summed E-state index contributed by atoms with van der Waals surface area (Å²) in [4.78, 5) is 27.2. The summed E-state index contributed by atoms with van der Waals surface area (Å²) in [5, 5.41) is 11.1. The maximum absolute atomic E-state index is 13.0. The van der Waals surface area contributed by atoms with Gasteiger partial charge in [0.2, 0.25) is 0 Å². The molecule has 1 N–H and O–H groups in total. The third kappa shape index (κ3) is 4.24. The highest BCUT2D eigenvalue weighted by Gasteiger charge is 2.46.